The lowest BCUT2D eigenvalue weighted by molar-refractivity contribution is 0.241. The molecule has 166 valence electrons. The first-order chi connectivity index (χ1) is 14.7. The highest BCUT2D eigenvalue weighted by Gasteiger charge is 2.22. The highest BCUT2D eigenvalue weighted by atomic mass is 16.5. The average molecular weight is 413 g/mol. The molecule has 1 aliphatic heterocycles. The van der Waals surface area contributed by atoms with E-state index >= 15 is 0 Å². The molecule has 0 saturated carbocycles. The fraction of sp³-hybridized carbons (Fsp3) is 0.500. The van der Waals surface area contributed by atoms with Crippen molar-refractivity contribution >= 4 is 0 Å². The number of hydrogen-bond acceptors (Lipinski definition) is 4. The summed E-state index contributed by atoms with van der Waals surface area (Å²) in [6, 6.07) is 18.4. The highest BCUT2D eigenvalue weighted by Crippen LogP contribution is 2.19. The van der Waals surface area contributed by atoms with Gasteiger partial charge in [-0.3, -0.25) is 0 Å². The summed E-state index contributed by atoms with van der Waals surface area (Å²) in [7, 11) is 1.00. The Kier molecular flexibility index (Phi) is 16.1. The summed E-state index contributed by atoms with van der Waals surface area (Å²) in [5.74, 6) is 1.57. The number of likely N-dealkylation sites (tertiary alicyclic amines) is 1. The summed E-state index contributed by atoms with van der Waals surface area (Å²) >= 11 is 0. The van der Waals surface area contributed by atoms with Crippen molar-refractivity contribution in [3.8, 4) is 11.8 Å². The summed E-state index contributed by atoms with van der Waals surface area (Å²) in [6.45, 7) is 14.2. The number of aliphatic hydroxyl groups is 1. The van der Waals surface area contributed by atoms with Crippen LogP contribution in [0.1, 0.15) is 50.8 Å². The van der Waals surface area contributed by atoms with E-state index < -0.39 is 0 Å². The van der Waals surface area contributed by atoms with Crippen molar-refractivity contribution in [1.29, 1.82) is 5.26 Å². The predicted octanol–water partition coefficient (Wildman–Crippen LogP) is 5.47. The van der Waals surface area contributed by atoms with Crippen LogP contribution >= 0.6 is 0 Å². The molecule has 0 amide bonds. The first kappa shape index (κ1) is 27.6. The Morgan fingerprint density at radius 2 is 1.73 bits per heavy atom. The van der Waals surface area contributed by atoms with Gasteiger partial charge in [0.05, 0.1) is 18.2 Å². The standard InChI is InChI=1S/C21H24N2O.2C2H6.CH4O/c1-17-5-7-21(8-6-17)24-16-20-10-12-23(15-20)11-9-18-3-2-4-19(13-18)14-22;3*1-2/h2-8,13,20H,9-12,15-16H2,1H3;2*1-2H3;2H,1H3. The van der Waals surface area contributed by atoms with E-state index in [1.807, 2.05) is 58.0 Å². The number of nitrogens with zero attached hydrogens (tertiary/aromatic N) is 2. The molecule has 0 spiro atoms. The molecule has 1 N–H and O–H groups in total. The van der Waals surface area contributed by atoms with Crippen LogP contribution in [0, 0.1) is 24.2 Å². The molecular formula is C26H40N2O2. The summed E-state index contributed by atoms with van der Waals surface area (Å²) in [6.07, 6.45) is 2.20. The smallest absolute Gasteiger partial charge is 0.119 e. The van der Waals surface area contributed by atoms with E-state index in [4.69, 9.17) is 15.1 Å². The predicted molar refractivity (Wildman–Crippen MR) is 127 cm³/mol. The number of benzene rings is 2. The first-order valence-electron chi connectivity index (χ1n) is 11.1. The average Bonchev–Trinajstić information content (AvgIpc) is 3.29. The lowest BCUT2D eigenvalue weighted by Crippen LogP contribution is -2.24. The van der Waals surface area contributed by atoms with Gasteiger partial charge in [-0.15, -0.1) is 0 Å². The molecule has 4 nitrogen and oxygen atoms in total. The van der Waals surface area contributed by atoms with Crippen LogP contribution in [-0.4, -0.2) is 43.4 Å². The summed E-state index contributed by atoms with van der Waals surface area (Å²) in [5, 5.41) is 16.0. The fourth-order valence-electron chi connectivity index (χ4n) is 3.18. The molecule has 30 heavy (non-hydrogen) atoms. The van der Waals surface area contributed by atoms with Crippen LogP contribution in [0.25, 0.3) is 0 Å². The zero-order chi connectivity index (χ0) is 22.8. The Morgan fingerprint density at radius 3 is 2.37 bits per heavy atom. The second kappa shape index (κ2) is 17.5. The molecule has 1 fully saturated rings. The highest BCUT2D eigenvalue weighted by molar-refractivity contribution is 5.32. The van der Waals surface area contributed by atoms with Crippen LogP contribution in [0.4, 0.5) is 0 Å². The van der Waals surface area contributed by atoms with Crippen molar-refractivity contribution < 1.29 is 9.84 Å². The molecule has 1 saturated heterocycles. The van der Waals surface area contributed by atoms with Gasteiger partial charge in [0, 0.05) is 26.1 Å². The number of hydrogen-bond donors (Lipinski definition) is 1. The largest absolute Gasteiger partial charge is 0.493 e. The molecule has 1 heterocycles. The van der Waals surface area contributed by atoms with E-state index in [-0.39, 0.29) is 0 Å². The number of aliphatic hydroxyl groups excluding tert-OH is 1. The second-order valence-corrected chi connectivity index (χ2v) is 6.64. The summed E-state index contributed by atoms with van der Waals surface area (Å²) in [4.78, 5) is 2.50. The monoisotopic (exact) mass is 412 g/mol. The molecular weight excluding hydrogens is 372 g/mol. The number of rotatable bonds is 6. The van der Waals surface area contributed by atoms with Crippen LogP contribution in [0.15, 0.2) is 48.5 Å². The third-order valence-electron chi connectivity index (χ3n) is 4.65. The third-order valence-corrected chi connectivity index (χ3v) is 4.65. The van der Waals surface area contributed by atoms with Gasteiger partial charge in [-0.1, -0.05) is 57.5 Å². The minimum Gasteiger partial charge on any atom is -0.493 e. The van der Waals surface area contributed by atoms with E-state index in [1.165, 1.54) is 17.5 Å². The fourth-order valence-corrected chi connectivity index (χ4v) is 3.18. The number of aryl methyl sites for hydroxylation is 1. The van der Waals surface area contributed by atoms with Crippen LogP contribution in [0.2, 0.25) is 0 Å². The molecule has 4 heteroatoms. The lowest BCUT2D eigenvalue weighted by atomic mass is 10.1. The van der Waals surface area contributed by atoms with Crippen LogP contribution < -0.4 is 4.74 Å². The van der Waals surface area contributed by atoms with Crippen molar-refractivity contribution in [3.63, 3.8) is 0 Å². The Bertz CT molecular complexity index is 708. The zero-order valence-electron chi connectivity index (χ0n) is 19.7. The molecule has 1 aliphatic rings. The Labute approximate surface area is 184 Å². The summed E-state index contributed by atoms with van der Waals surface area (Å²) < 4.78 is 5.92. The van der Waals surface area contributed by atoms with Crippen LogP contribution in [0.3, 0.4) is 0 Å². The molecule has 1 atom stereocenters. The molecule has 0 radical (unpaired) electrons. The third kappa shape index (κ3) is 10.4. The first-order valence-corrected chi connectivity index (χ1v) is 11.1. The van der Waals surface area contributed by atoms with Crippen molar-refractivity contribution in [1.82, 2.24) is 4.90 Å². The van der Waals surface area contributed by atoms with Gasteiger partial charge in [0.1, 0.15) is 5.75 Å². The van der Waals surface area contributed by atoms with E-state index in [0.717, 1.165) is 51.1 Å². The maximum Gasteiger partial charge on any atom is 0.119 e. The molecule has 2 aromatic rings. The lowest BCUT2D eigenvalue weighted by Gasteiger charge is -2.16. The molecule has 0 bridgehead atoms. The van der Waals surface area contributed by atoms with E-state index in [1.54, 1.807) is 0 Å². The van der Waals surface area contributed by atoms with Crippen molar-refractivity contribution in [2.45, 2.75) is 47.5 Å². The Hall–Kier alpha value is -2.35. The van der Waals surface area contributed by atoms with E-state index in [9.17, 15) is 0 Å². The molecule has 1 unspecified atom stereocenters. The Morgan fingerprint density at radius 1 is 1.07 bits per heavy atom. The van der Waals surface area contributed by atoms with Gasteiger partial charge < -0.3 is 14.7 Å². The zero-order valence-corrected chi connectivity index (χ0v) is 19.7. The van der Waals surface area contributed by atoms with Gasteiger partial charge in [-0.2, -0.15) is 5.26 Å². The van der Waals surface area contributed by atoms with Crippen molar-refractivity contribution in [3.05, 3.63) is 65.2 Å². The summed E-state index contributed by atoms with van der Waals surface area (Å²) in [5.41, 5.74) is 3.25. The minimum absolute atomic E-state index is 0.608. The van der Waals surface area contributed by atoms with Gasteiger partial charge in [-0.25, -0.2) is 0 Å². The van der Waals surface area contributed by atoms with Gasteiger partial charge in [0.2, 0.25) is 0 Å². The van der Waals surface area contributed by atoms with Crippen molar-refractivity contribution in [2.75, 3.05) is 33.4 Å². The maximum atomic E-state index is 8.97. The van der Waals surface area contributed by atoms with Gasteiger partial charge in [0.15, 0.2) is 0 Å². The van der Waals surface area contributed by atoms with Crippen LogP contribution in [-0.2, 0) is 6.42 Å². The van der Waals surface area contributed by atoms with Crippen LogP contribution in [0.5, 0.6) is 5.75 Å². The van der Waals surface area contributed by atoms with E-state index in [0.29, 0.717) is 5.92 Å². The minimum atomic E-state index is 0.608. The van der Waals surface area contributed by atoms with Crippen molar-refractivity contribution in [2.24, 2.45) is 5.92 Å². The SMILES string of the molecule is CC.CC.CO.Cc1ccc(OCC2CCN(CCc3cccc(C#N)c3)C2)cc1. The van der Waals surface area contributed by atoms with Gasteiger partial charge >= 0.3 is 0 Å². The Balaban J connectivity index is 0.00000129. The number of nitriles is 1. The van der Waals surface area contributed by atoms with Gasteiger partial charge in [0.25, 0.3) is 0 Å². The quantitative estimate of drug-likeness (QED) is 0.683. The molecule has 3 rings (SSSR count). The molecule has 0 aliphatic carbocycles. The normalized spacial score (nSPS) is 14.7. The maximum absolute atomic E-state index is 8.97. The van der Waals surface area contributed by atoms with E-state index in [2.05, 4.69) is 36.1 Å². The molecule has 0 aromatic heterocycles. The molecule has 2 aromatic carbocycles. The number of ether oxygens (including phenoxy) is 1. The van der Waals surface area contributed by atoms with Gasteiger partial charge in [-0.05, 0) is 56.1 Å². The topological polar surface area (TPSA) is 56.5 Å². The second-order valence-electron chi connectivity index (χ2n) is 6.64.